The summed E-state index contributed by atoms with van der Waals surface area (Å²) in [4.78, 5) is 0. The van der Waals surface area contributed by atoms with Gasteiger partial charge in [0, 0.05) is 27.5 Å². The molecule has 0 bridgehead atoms. The molecule has 3 nitrogen and oxygen atoms in total. The third-order valence-corrected chi connectivity index (χ3v) is 3.15. The average molecular weight is 261 g/mol. The first-order valence-corrected chi connectivity index (χ1v) is 7.22. The third kappa shape index (κ3) is 2.42. The van der Waals surface area contributed by atoms with Crippen molar-refractivity contribution in [2.45, 2.75) is 38.0 Å². The Balaban J connectivity index is 2.50. The van der Waals surface area contributed by atoms with Crippen molar-refractivity contribution >= 4 is 10.2 Å². The van der Waals surface area contributed by atoms with E-state index in [1.54, 1.807) is 0 Å². The number of rotatable bonds is 2. The van der Waals surface area contributed by atoms with Crippen LogP contribution >= 0.6 is 0 Å². The SMILES string of the molecule is Cc1ccc2c(c1)OCCC2(C#N)OC(C)(C)[SiH3]. The lowest BCUT2D eigenvalue weighted by atomic mass is 9.88. The van der Waals surface area contributed by atoms with E-state index < -0.39 is 5.60 Å². The minimum absolute atomic E-state index is 0.227. The second-order valence-electron chi connectivity index (χ2n) is 5.75. The Morgan fingerprint density at radius 1 is 1.50 bits per heavy atom. The standard InChI is InChI=1S/C14H19NO2Si/c1-10-4-5-11-12(8-10)16-7-6-14(11,9-15)17-13(2,3)18/h4-5,8H,6-7H2,1-3,18H3. The van der Waals surface area contributed by atoms with Gasteiger partial charge in [-0.1, -0.05) is 12.1 Å². The van der Waals surface area contributed by atoms with Gasteiger partial charge in [-0.2, -0.15) is 5.26 Å². The van der Waals surface area contributed by atoms with E-state index in [2.05, 4.69) is 6.07 Å². The lowest BCUT2D eigenvalue weighted by molar-refractivity contribution is -0.0882. The first-order valence-electron chi connectivity index (χ1n) is 6.22. The Labute approximate surface area is 111 Å². The molecule has 1 atom stereocenters. The van der Waals surface area contributed by atoms with Gasteiger partial charge in [0.15, 0.2) is 5.60 Å². The van der Waals surface area contributed by atoms with Gasteiger partial charge in [-0.3, -0.25) is 0 Å². The monoisotopic (exact) mass is 261 g/mol. The maximum Gasteiger partial charge on any atom is 0.186 e. The lowest BCUT2D eigenvalue weighted by Crippen LogP contribution is -2.42. The number of fused-ring (bicyclic) bond motifs is 1. The van der Waals surface area contributed by atoms with Crippen molar-refractivity contribution in [2.75, 3.05) is 6.61 Å². The van der Waals surface area contributed by atoms with E-state index in [-0.39, 0.29) is 5.22 Å². The van der Waals surface area contributed by atoms with Crippen LogP contribution in [0.2, 0.25) is 0 Å². The molecule has 0 aromatic heterocycles. The minimum atomic E-state index is -0.855. The highest BCUT2D eigenvalue weighted by Gasteiger charge is 2.42. The van der Waals surface area contributed by atoms with Crippen LogP contribution in [-0.2, 0) is 10.3 Å². The van der Waals surface area contributed by atoms with Crippen LogP contribution in [0.4, 0.5) is 0 Å². The second kappa shape index (κ2) is 4.41. The van der Waals surface area contributed by atoms with E-state index in [0.29, 0.717) is 13.0 Å². The molecule has 2 rings (SSSR count). The Bertz CT molecular complexity index is 501. The van der Waals surface area contributed by atoms with Crippen LogP contribution in [0, 0.1) is 18.3 Å². The average Bonchev–Trinajstić information content (AvgIpc) is 2.26. The molecule has 18 heavy (non-hydrogen) atoms. The zero-order valence-electron chi connectivity index (χ0n) is 11.4. The Hall–Kier alpha value is -1.31. The van der Waals surface area contributed by atoms with E-state index in [4.69, 9.17) is 9.47 Å². The Kier molecular flexibility index (Phi) is 3.22. The van der Waals surface area contributed by atoms with Crippen molar-refractivity contribution in [3.63, 3.8) is 0 Å². The molecule has 0 amide bonds. The van der Waals surface area contributed by atoms with Gasteiger partial charge in [0.25, 0.3) is 0 Å². The molecule has 0 N–H and O–H groups in total. The molecule has 4 heteroatoms. The molecule has 0 fully saturated rings. The summed E-state index contributed by atoms with van der Waals surface area (Å²) in [5, 5.41) is 9.38. The molecule has 1 aliphatic rings. The molecule has 1 aliphatic heterocycles. The molecular weight excluding hydrogens is 242 g/mol. The summed E-state index contributed by atoms with van der Waals surface area (Å²) in [6, 6.07) is 8.31. The molecule has 1 heterocycles. The van der Waals surface area contributed by atoms with Crippen molar-refractivity contribution in [1.29, 1.82) is 5.26 Å². The molecular formula is C14H19NO2Si. The minimum Gasteiger partial charge on any atom is -0.493 e. The molecule has 0 saturated heterocycles. The van der Waals surface area contributed by atoms with Crippen LogP contribution in [0.1, 0.15) is 31.4 Å². The summed E-state index contributed by atoms with van der Waals surface area (Å²) in [5.41, 5.74) is 1.14. The third-order valence-electron chi connectivity index (χ3n) is 2.94. The largest absolute Gasteiger partial charge is 0.493 e. The van der Waals surface area contributed by atoms with Crippen molar-refractivity contribution in [3.05, 3.63) is 29.3 Å². The summed E-state index contributed by atoms with van der Waals surface area (Å²) in [7, 11) is 0.875. The first-order chi connectivity index (χ1) is 8.36. The van der Waals surface area contributed by atoms with Gasteiger partial charge < -0.3 is 9.47 Å². The molecule has 1 aromatic carbocycles. The van der Waals surface area contributed by atoms with E-state index in [1.165, 1.54) is 0 Å². The van der Waals surface area contributed by atoms with E-state index >= 15 is 0 Å². The number of aryl methyl sites for hydroxylation is 1. The van der Waals surface area contributed by atoms with Gasteiger partial charge in [0.05, 0.1) is 6.61 Å². The summed E-state index contributed by atoms with van der Waals surface area (Å²) in [6.45, 7) is 6.61. The highest BCUT2D eigenvalue weighted by Crippen LogP contribution is 2.41. The Morgan fingerprint density at radius 2 is 2.22 bits per heavy atom. The predicted octanol–water partition coefficient (Wildman–Crippen LogP) is 1.61. The van der Waals surface area contributed by atoms with Crippen LogP contribution in [-0.4, -0.2) is 22.1 Å². The van der Waals surface area contributed by atoms with Crippen molar-refractivity contribution < 1.29 is 9.47 Å². The molecule has 1 aromatic rings. The van der Waals surface area contributed by atoms with Gasteiger partial charge >= 0.3 is 0 Å². The Morgan fingerprint density at radius 3 is 2.83 bits per heavy atom. The van der Waals surface area contributed by atoms with Gasteiger partial charge in [0.1, 0.15) is 11.8 Å². The van der Waals surface area contributed by atoms with Crippen molar-refractivity contribution in [1.82, 2.24) is 0 Å². The van der Waals surface area contributed by atoms with Gasteiger partial charge in [0.2, 0.25) is 0 Å². The summed E-state index contributed by atoms with van der Waals surface area (Å²) >= 11 is 0. The summed E-state index contributed by atoms with van der Waals surface area (Å²) in [6.07, 6.45) is 0.589. The second-order valence-corrected chi connectivity index (χ2v) is 8.16. The maximum atomic E-state index is 9.61. The fourth-order valence-electron chi connectivity index (χ4n) is 2.29. The molecule has 0 radical (unpaired) electrons. The molecule has 0 saturated carbocycles. The molecule has 0 spiro atoms. The van der Waals surface area contributed by atoms with Crippen LogP contribution in [0.3, 0.4) is 0 Å². The molecule has 96 valence electrons. The number of benzene rings is 1. The number of hydrogen-bond acceptors (Lipinski definition) is 3. The van der Waals surface area contributed by atoms with Crippen LogP contribution in [0.15, 0.2) is 18.2 Å². The number of ether oxygens (including phenoxy) is 2. The highest BCUT2D eigenvalue weighted by molar-refractivity contribution is 6.13. The fraction of sp³-hybridized carbons (Fsp3) is 0.500. The zero-order valence-corrected chi connectivity index (χ0v) is 13.4. The van der Waals surface area contributed by atoms with Gasteiger partial charge in [-0.15, -0.1) is 0 Å². The molecule has 1 unspecified atom stereocenters. The van der Waals surface area contributed by atoms with Gasteiger partial charge in [-0.05, 0) is 32.4 Å². The number of nitrogens with zero attached hydrogens (tertiary/aromatic N) is 1. The van der Waals surface area contributed by atoms with E-state index in [0.717, 1.165) is 27.1 Å². The first kappa shape index (κ1) is 13.1. The predicted molar refractivity (Wildman–Crippen MR) is 73.7 cm³/mol. The number of nitriles is 1. The van der Waals surface area contributed by atoms with Crippen LogP contribution in [0.5, 0.6) is 5.75 Å². The number of hydrogen-bond donors (Lipinski definition) is 0. The van der Waals surface area contributed by atoms with Crippen LogP contribution < -0.4 is 4.74 Å². The van der Waals surface area contributed by atoms with Crippen molar-refractivity contribution in [3.8, 4) is 11.8 Å². The smallest absolute Gasteiger partial charge is 0.186 e. The quantitative estimate of drug-likeness (QED) is 0.760. The maximum absolute atomic E-state index is 9.61. The van der Waals surface area contributed by atoms with Gasteiger partial charge in [-0.25, -0.2) is 0 Å². The van der Waals surface area contributed by atoms with Crippen LogP contribution in [0.25, 0.3) is 0 Å². The topological polar surface area (TPSA) is 42.2 Å². The van der Waals surface area contributed by atoms with E-state index in [1.807, 2.05) is 39.0 Å². The summed E-state index contributed by atoms with van der Waals surface area (Å²) in [5.74, 6) is 0.786. The highest BCUT2D eigenvalue weighted by atomic mass is 28.1. The lowest BCUT2D eigenvalue weighted by Gasteiger charge is -2.38. The summed E-state index contributed by atoms with van der Waals surface area (Å²) < 4.78 is 11.8. The fourth-order valence-corrected chi connectivity index (χ4v) is 2.64. The molecule has 0 aliphatic carbocycles. The zero-order chi connectivity index (χ0) is 13.4. The van der Waals surface area contributed by atoms with Crippen molar-refractivity contribution in [2.24, 2.45) is 0 Å². The normalized spacial score (nSPS) is 23.0. The van der Waals surface area contributed by atoms with E-state index in [9.17, 15) is 5.26 Å².